The molecule has 0 saturated carbocycles. The van der Waals surface area contributed by atoms with Gasteiger partial charge < -0.3 is 14.9 Å². The molecule has 3 nitrogen and oxygen atoms in total. The van der Waals surface area contributed by atoms with Gasteiger partial charge in [0, 0.05) is 16.6 Å². The van der Waals surface area contributed by atoms with E-state index >= 15 is 0 Å². The zero-order valence-corrected chi connectivity index (χ0v) is 11.3. The Morgan fingerprint density at radius 2 is 1.89 bits per heavy atom. The van der Waals surface area contributed by atoms with Gasteiger partial charge in [-0.1, -0.05) is 23.2 Å². The first-order valence-electron chi connectivity index (χ1n) is 5.47. The summed E-state index contributed by atoms with van der Waals surface area (Å²) in [6.07, 6.45) is -0.353. The van der Waals surface area contributed by atoms with E-state index in [1.54, 1.807) is 18.2 Å². The van der Waals surface area contributed by atoms with Crippen molar-refractivity contribution in [3.05, 3.63) is 51.9 Å². The number of halogens is 2. The molecule has 2 rings (SSSR count). The predicted octanol–water partition coefficient (Wildman–Crippen LogP) is 3.97. The molecule has 2 N–H and O–H groups in total. The van der Waals surface area contributed by atoms with Crippen molar-refractivity contribution in [2.24, 2.45) is 5.73 Å². The maximum Gasteiger partial charge on any atom is 0.168 e. The number of furan rings is 1. The van der Waals surface area contributed by atoms with E-state index in [1.165, 1.54) is 0 Å². The smallest absolute Gasteiger partial charge is 0.168 e. The summed E-state index contributed by atoms with van der Waals surface area (Å²) in [4.78, 5) is 0. The Kier molecular flexibility index (Phi) is 4.17. The van der Waals surface area contributed by atoms with Gasteiger partial charge >= 0.3 is 0 Å². The molecule has 0 amide bonds. The molecule has 1 aromatic heterocycles. The lowest BCUT2D eigenvalue weighted by Crippen LogP contribution is -2.17. The molecular weight excluding hydrogens is 273 g/mol. The van der Waals surface area contributed by atoms with Crippen LogP contribution < -0.4 is 10.5 Å². The van der Waals surface area contributed by atoms with E-state index in [4.69, 9.17) is 38.1 Å². The minimum Gasteiger partial charge on any atom is -0.481 e. The molecule has 0 saturated heterocycles. The molecule has 1 heterocycles. The molecular formula is C13H13Cl2NO2. The third-order valence-corrected chi connectivity index (χ3v) is 2.84. The van der Waals surface area contributed by atoms with E-state index in [1.807, 2.05) is 19.1 Å². The van der Waals surface area contributed by atoms with Crippen molar-refractivity contribution >= 4 is 23.2 Å². The van der Waals surface area contributed by atoms with Crippen molar-refractivity contribution in [3.8, 4) is 5.75 Å². The lowest BCUT2D eigenvalue weighted by Gasteiger charge is -2.15. The van der Waals surface area contributed by atoms with Crippen LogP contribution in [0.2, 0.25) is 10.0 Å². The number of hydrogen-bond acceptors (Lipinski definition) is 3. The van der Waals surface area contributed by atoms with E-state index in [0.29, 0.717) is 28.1 Å². The number of ether oxygens (including phenoxy) is 1. The van der Waals surface area contributed by atoms with Crippen LogP contribution in [0, 0.1) is 6.92 Å². The quantitative estimate of drug-likeness (QED) is 0.925. The molecule has 0 aliphatic rings. The zero-order chi connectivity index (χ0) is 13.1. The van der Waals surface area contributed by atoms with E-state index in [0.717, 1.165) is 5.76 Å². The molecule has 0 bridgehead atoms. The average Bonchev–Trinajstić information content (AvgIpc) is 2.71. The van der Waals surface area contributed by atoms with Crippen molar-refractivity contribution in [1.29, 1.82) is 0 Å². The molecule has 1 aromatic carbocycles. The molecule has 0 aliphatic heterocycles. The molecule has 96 valence electrons. The molecule has 1 atom stereocenters. The van der Waals surface area contributed by atoms with Crippen molar-refractivity contribution in [2.75, 3.05) is 6.54 Å². The van der Waals surface area contributed by atoms with Gasteiger partial charge in [-0.15, -0.1) is 0 Å². The Bertz CT molecular complexity index is 519. The van der Waals surface area contributed by atoms with Crippen LogP contribution in [0.4, 0.5) is 0 Å². The van der Waals surface area contributed by atoms with E-state index in [-0.39, 0.29) is 6.10 Å². The highest BCUT2D eigenvalue weighted by molar-refractivity contribution is 6.34. The first-order chi connectivity index (χ1) is 8.58. The predicted molar refractivity (Wildman–Crippen MR) is 72.3 cm³/mol. The van der Waals surface area contributed by atoms with Gasteiger partial charge in [0.05, 0.1) is 0 Å². The molecule has 18 heavy (non-hydrogen) atoms. The Morgan fingerprint density at radius 3 is 2.39 bits per heavy atom. The van der Waals surface area contributed by atoms with Crippen molar-refractivity contribution in [3.63, 3.8) is 0 Å². The van der Waals surface area contributed by atoms with Crippen molar-refractivity contribution in [1.82, 2.24) is 0 Å². The monoisotopic (exact) mass is 285 g/mol. The van der Waals surface area contributed by atoms with E-state index in [2.05, 4.69) is 0 Å². The molecule has 5 heteroatoms. The maximum atomic E-state index is 5.91. The lowest BCUT2D eigenvalue weighted by atomic mass is 10.2. The summed E-state index contributed by atoms with van der Waals surface area (Å²) < 4.78 is 11.2. The second-order valence-electron chi connectivity index (χ2n) is 3.90. The first kappa shape index (κ1) is 13.3. The Balaban J connectivity index is 2.20. The van der Waals surface area contributed by atoms with Gasteiger partial charge in [-0.25, -0.2) is 0 Å². The highest BCUT2D eigenvalue weighted by atomic mass is 35.5. The van der Waals surface area contributed by atoms with Gasteiger partial charge in [0.2, 0.25) is 0 Å². The van der Waals surface area contributed by atoms with Crippen LogP contribution in [0.15, 0.2) is 34.7 Å². The topological polar surface area (TPSA) is 48.4 Å². The van der Waals surface area contributed by atoms with Gasteiger partial charge in [-0.05, 0) is 37.3 Å². The van der Waals surface area contributed by atoms with Crippen molar-refractivity contribution in [2.45, 2.75) is 13.0 Å². The molecule has 0 spiro atoms. The van der Waals surface area contributed by atoms with Crippen LogP contribution in [-0.4, -0.2) is 6.54 Å². The summed E-state index contributed by atoms with van der Waals surface area (Å²) in [5.41, 5.74) is 5.69. The highest BCUT2D eigenvalue weighted by Crippen LogP contribution is 2.28. The van der Waals surface area contributed by atoms with E-state index in [9.17, 15) is 0 Å². The third kappa shape index (κ3) is 3.19. The number of aryl methyl sites for hydroxylation is 1. The summed E-state index contributed by atoms with van der Waals surface area (Å²) in [5.74, 6) is 2.07. The maximum absolute atomic E-state index is 5.91. The molecule has 0 fully saturated rings. The van der Waals surface area contributed by atoms with Crippen LogP contribution in [0.5, 0.6) is 5.75 Å². The highest BCUT2D eigenvalue weighted by Gasteiger charge is 2.15. The number of rotatable bonds is 4. The van der Waals surface area contributed by atoms with Crippen LogP contribution >= 0.6 is 23.2 Å². The summed E-state index contributed by atoms with van der Waals surface area (Å²) in [5, 5.41) is 1.03. The molecule has 1 unspecified atom stereocenters. The average molecular weight is 286 g/mol. The van der Waals surface area contributed by atoms with Crippen LogP contribution in [0.25, 0.3) is 0 Å². The SMILES string of the molecule is Cc1ccc(C(CN)Oc2cc(Cl)cc(Cl)c2)o1. The Labute approximate surface area is 115 Å². The van der Waals surface area contributed by atoms with E-state index < -0.39 is 0 Å². The summed E-state index contributed by atoms with van der Waals surface area (Å²) >= 11 is 11.8. The summed E-state index contributed by atoms with van der Waals surface area (Å²) in [6, 6.07) is 8.73. The fourth-order valence-electron chi connectivity index (χ4n) is 1.61. The van der Waals surface area contributed by atoms with Crippen LogP contribution in [-0.2, 0) is 0 Å². The van der Waals surface area contributed by atoms with Crippen LogP contribution in [0.3, 0.4) is 0 Å². The third-order valence-electron chi connectivity index (χ3n) is 2.41. The van der Waals surface area contributed by atoms with Gasteiger partial charge in [-0.2, -0.15) is 0 Å². The number of nitrogens with two attached hydrogens (primary N) is 1. The Hall–Kier alpha value is -1.16. The minimum atomic E-state index is -0.353. The first-order valence-corrected chi connectivity index (χ1v) is 6.23. The molecule has 0 aliphatic carbocycles. The number of hydrogen-bond donors (Lipinski definition) is 1. The normalized spacial score (nSPS) is 12.4. The summed E-state index contributed by atoms with van der Waals surface area (Å²) in [6.45, 7) is 2.17. The van der Waals surface area contributed by atoms with Gasteiger partial charge in [-0.3, -0.25) is 0 Å². The van der Waals surface area contributed by atoms with Gasteiger partial charge in [0.15, 0.2) is 6.10 Å². The minimum absolute atomic E-state index is 0.303. The molecule has 2 aromatic rings. The fraction of sp³-hybridized carbons (Fsp3) is 0.231. The van der Waals surface area contributed by atoms with Gasteiger partial charge in [0.25, 0.3) is 0 Å². The largest absolute Gasteiger partial charge is 0.481 e. The molecule has 0 radical (unpaired) electrons. The summed E-state index contributed by atoms with van der Waals surface area (Å²) in [7, 11) is 0. The fourth-order valence-corrected chi connectivity index (χ4v) is 2.12. The Morgan fingerprint density at radius 1 is 1.22 bits per heavy atom. The lowest BCUT2D eigenvalue weighted by molar-refractivity contribution is 0.182. The van der Waals surface area contributed by atoms with Gasteiger partial charge in [0.1, 0.15) is 17.3 Å². The second kappa shape index (κ2) is 5.65. The van der Waals surface area contributed by atoms with Crippen molar-refractivity contribution < 1.29 is 9.15 Å². The zero-order valence-electron chi connectivity index (χ0n) is 9.82. The standard InChI is InChI=1S/C13H13Cl2NO2/c1-8-2-3-12(17-8)13(7-16)18-11-5-9(14)4-10(15)6-11/h2-6,13H,7,16H2,1H3. The second-order valence-corrected chi connectivity index (χ2v) is 4.77. The number of benzene rings is 1. The van der Waals surface area contributed by atoms with Crippen LogP contribution in [0.1, 0.15) is 17.6 Å².